The summed E-state index contributed by atoms with van der Waals surface area (Å²) in [6, 6.07) is 6.85. The smallest absolute Gasteiger partial charge is 0.146 e. The van der Waals surface area contributed by atoms with Crippen molar-refractivity contribution in [3.05, 3.63) is 65.6 Å². The summed E-state index contributed by atoms with van der Waals surface area (Å²) in [5, 5.41) is 5.31. The summed E-state index contributed by atoms with van der Waals surface area (Å²) in [4.78, 5) is 11.5. The highest BCUT2D eigenvalue weighted by atomic mass is 35.5. The molecule has 0 aliphatic rings. The number of halogens is 2. The molecule has 7 heteroatoms. The van der Waals surface area contributed by atoms with E-state index in [1.165, 1.54) is 12.4 Å². The van der Waals surface area contributed by atoms with Crippen LogP contribution in [0.3, 0.4) is 0 Å². The predicted molar refractivity (Wildman–Crippen MR) is 87.7 cm³/mol. The molecule has 1 N–H and O–H groups in total. The quantitative estimate of drug-likeness (QED) is 0.620. The monoisotopic (exact) mass is 329 g/mol. The van der Waals surface area contributed by atoms with Crippen molar-refractivity contribution in [2.24, 2.45) is 0 Å². The van der Waals surface area contributed by atoms with Crippen LogP contribution in [0.5, 0.6) is 0 Å². The van der Waals surface area contributed by atoms with Crippen molar-refractivity contribution in [3.8, 4) is 11.3 Å². The maximum atomic E-state index is 14.0. The Balaban J connectivity index is 0.00000169. The van der Waals surface area contributed by atoms with Crippen LogP contribution in [-0.2, 0) is 6.54 Å². The standard InChI is InChI=1S/C16H11ClFN5.H2/c17-13-3-1-2-10(14(13)18)7-23-8-11(6-22-23)15-12-4-5-19-16(12)21-9-20-15;/h1-6,8-9H,7H2,(H,19,20,21);1H. The van der Waals surface area contributed by atoms with Crippen LogP contribution < -0.4 is 0 Å². The molecule has 1 aromatic carbocycles. The Bertz CT molecular complexity index is 997. The fraction of sp³-hybridized carbons (Fsp3) is 0.0625. The first-order valence-electron chi connectivity index (χ1n) is 6.96. The number of hydrogen-bond donors (Lipinski definition) is 1. The number of rotatable bonds is 3. The van der Waals surface area contributed by atoms with E-state index < -0.39 is 5.82 Å². The SMILES string of the molecule is Fc1c(Cl)cccc1Cn1cc(-c2ncnc3[nH]ccc23)cn1.[HH]. The Morgan fingerprint density at radius 2 is 2.17 bits per heavy atom. The molecular formula is C16H13ClFN5. The van der Waals surface area contributed by atoms with E-state index in [-0.39, 0.29) is 6.45 Å². The molecular weight excluding hydrogens is 317 g/mol. The van der Waals surface area contributed by atoms with Gasteiger partial charge >= 0.3 is 0 Å². The van der Waals surface area contributed by atoms with Crippen LogP contribution in [0.25, 0.3) is 22.3 Å². The average molecular weight is 330 g/mol. The summed E-state index contributed by atoms with van der Waals surface area (Å²) < 4.78 is 15.6. The van der Waals surface area contributed by atoms with Gasteiger partial charge in [-0.05, 0) is 12.1 Å². The van der Waals surface area contributed by atoms with Gasteiger partial charge in [-0.2, -0.15) is 5.10 Å². The van der Waals surface area contributed by atoms with Crippen molar-refractivity contribution in [2.45, 2.75) is 6.54 Å². The Hall–Kier alpha value is -2.73. The molecule has 0 saturated carbocycles. The van der Waals surface area contributed by atoms with Gasteiger partial charge in [0.2, 0.25) is 0 Å². The number of aromatic nitrogens is 5. The van der Waals surface area contributed by atoms with E-state index in [0.717, 1.165) is 22.3 Å². The van der Waals surface area contributed by atoms with Crippen molar-refractivity contribution >= 4 is 22.6 Å². The molecule has 0 aliphatic heterocycles. The average Bonchev–Trinajstić information content (AvgIpc) is 3.20. The van der Waals surface area contributed by atoms with E-state index in [4.69, 9.17) is 11.6 Å². The first-order valence-corrected chi connectivity index (χ1v) is 7.34. The first kappa shape index (κ1) is 13.9. The number of benzene rings is 1. The molecule has 0 aliphatic carbocycles. The van der Waals surface area contributed by atoms with Crippen LogP contribution >= 0.6 is 11.6 Å². The third-order valence-corrected chi connectivity index (χ3v) is 3.92. The van der Waals surface area contributed by atoms with Crippen LogP contribution in [0.2, 0.25) is 5.02 Å². The van der Waals surface area contributed by atoms with Gasteiger partial charge in [0.25, 0.3) is 0 Å². The summed E-state index contributed by atoms with van der Waals surface area (Å²) in [6.07, 6.45) is 6.85. The largest absolute Gasteiger partial charge is 0.346 e. The summed E-state index contributed by atoms with van der Waals surface area (Å²) in [5.41, 5.74) is 2.89. The first-order chi connectivity index (χ1) is 11.2. The van der Waals surface area contributed by atoms with Crippen LogP contribution in [0, 0.1) is 5.82 Å². The highest BCUT2D eigenvalue weighted by Crippen LogP contribution is 2.25. The fourth-order valence-corrected chi connectivity index (χ4v) is 2.71. The molecule has 0 unspecified atom stereocenters. The maximum absolute atomic E-state index is 14.0. The molecule has 0 spiro atoms. The van der Waals surface area contributed by atoms with E-state index in [1.54, 1.807) is 23.0 Å². The van der Waals surface area contributed by atoms with E-state index >= 15 is 0 Å². The van der Waals surface area contributed by atoms with Crippen molar-refractivity contribution in [1.82, 2.24) is 24.7 Å². The second kappa shape index (κ2) is 5.48. The van der Waals surface area contributed by atoms with Gasteiger partial charge in [-0.15, -0.1) is 0 Å². The van der Waals surface area contributed by atoms with Crippen molar-refractivity contribution in [1.29, 1.82) is 0 Å². The summed E-state index contributed by atoms with van der Waals surface area (Å²) in [7, 11) is 0. The number of aromatic amines is 1. The topological polar surface area (TPSA) is 59.4 Å². The van der Waals surface area contributed by atoms with E-state index in [2.05, 4.69) is 20.1 Å². The third-order valence-electron chi connectivity index (χ3n) is 3.62. The van der Waals surface area contributed by atoms with Crippen molar-refractivity contribution in [2.75, 3.05) is 0 Å². The number of nitrogens with zero attached hydrogens (tertiary/aromatic N) is 4. The molecule has 0 radical (unpaired) electrons. The van der Waals surface area contributed by atoms with Gasteiger partial charge in [-0.1, -0.05) is 23.7 Å². The summed E-state index contributed by atoms with van der Waals surface area (Å²) >= 11 is 5.81. The highest BCUT2D eigenvalue weighted by Gasteiger charge is 2.11. The lowest BCUT2D eigenvalue weighted by Gasteiger charge is -2.04. The Labute approximate surface area is 137 Å². The van der Waals surface area contributed by atoms with Crippen LogP contribution in [0.1, 0.15) is 6.99 Å². The second-order valence-corrected chi connectivity index (χ2v) is 5.51. The molecule has 0 atom stereocenters. The fourth-order valence-electron chi connectivity index (χ4n) is 2.52. The Kier molecular flexibility index (Phi) is 3.31. The number of hydrogen-bond acceptors (Lipinski definition) is 3. The zero-order chi connectivity index (χ0) is 15.8. The lowest BCUT2D eigenvalue weighted by Crippen LogP contribution is -2.02. The minimum absolute atomic E-state index is 0. The minimum atomic E-state index is -0.415. The summed E-state index contributed by atoms with van der Waals surface area (Å²) in [5.74, 6) is -0.415. The van der Waals surface area contributed by atoms with Gasteiger partial charge in [-0.25, -0.2) is 14.4 Å². The van der Waals surface area contributed by atoms with Crippen LogP contribution in [-0.4, -0.2) is 24.7 Å². The minimum Gasteiger partial charge on any atom is -0.346 e. The van der Waals surface area contributed by atoms with Crippen molar-refractivity contribution < 1.29 is 5.82 Å². The zero-order valence-corrected chi connectivity index (χ0v) is 12.6. The van der Waals surface area contributed by atoms with Crippen LogP contribution in [0.4, 0.5) is 4.39 Å². The normalized spacial score (nSPS) is 11.2. The van der Waals surface area contributed by atoms with E-state index in [1.807, 2.05) is 18.5 Å². The lowest BCUT2D eigenvalue weighted by atomic mass is 10.2. The molecule has 5 nitrogen and oxygen atoms in total. The molecule has 0 amide bonds. The molecule has 3 aromatic heterocycles. The molecule has 23 heavy (non-hydrogen) atoms. The Morgan fingerprint density at radius 3 is 3.09 bits per heavy atom. The highest BCUT2D eigenvalue weighted by molar-refractivity contribution is 6.30. The predicted octanol–water partition coefficient (Wildman–Crippen LogP) is 3.91. The van der Waals surface area contributed by atoms with Gasteiger partial charge in [0.15, 0.2) is 0 Å². The van der Waals surface area contributed by atoms with E-state index in [0.29, 0.717) is 12.1 Å². The molecule has 4 rings (SSSR count). The van der Waals surface area contributed by atoms with Gasteiger partial charge in [-0.3, -0.25) is 4.68 Å². The van der Waals surface area contributed by atoms with Gasteiger partial charge < -0.3 is 4.98 Å². The number of nitrogens with one attached hydrogen (secondary N) is 1. The van der Waals surface area contributed by atoms with Crippen molar-refractivity contribution in [3.63, 3.8) is 0 Å². The molecule has 116 valence electrons. The molecule has 4 aromatic rings. The summed E-state index contributed by atoms with van der Waals surface area (Å²) in [6.45, 7) is 0.299. The Morgan fingerprint density at radius 1 is 1.26 bits per heavy atom. The molecule has 0 fully saturated rings. The van der Waals surface area contributed by atoms with Gasteiger partial charge in [0.1, 0.15) is 17.8 Å². The van der Waals surface area contributed by atoms with Gasteiger partial charge in [0, 0.05) is 30.3 Å². The second-order valence-electron chi connectivity index (χ2n) is 5.10. The number of H-pyrrole nitrogens is 1. The molecule has 0 saturated heterocycles. The molecule has 3 heterocycles. The van der Waals surface area contributed by atoms with E-state index in [9.17, 15) is 4.39 Å². The lowest BCUT2D eigenvalue weighted by molar-refractivity contribution is 0.585. The third kappa shape index (κ3) is 2.47. The zero-order valence-electron chi connectivity index (χ0n) is 11.9. The maximum Gasteiger partial charge on any atom is 0.146 e. The molecule has 0 bridgehead atoms. The number of fused-ring (bicyclic) bond motifs is 1. The van der Waals surface area contributed by atoms with Gasteiger partial charge in [0.05, 0.1) is 23.5 Å². The van der Waals surface area contributed by atoms with Crippen LogP contribution in [0.15, 0.2) is 49.2 Å².